The maximum atomic E-state index is 9.70. The molecule has 22 heavy (non-hydrogen) atoms. The Bertz CT molecular complexity index is 682. The molecule has 1 aromatic carbocycles. The number of rotatable bonds is 3. The van der Waals surface area contributed by atoms with Gasteiger partial charge in [0.25, 0.3) is 0 Å². The average molecular weight is 292 g/mol. The van der Waals surface area contributed by atoms with E-state index >= 15 is 0 Å². The Balaban J connectivity index is 2.15. The molecule has 1 saturated carbocycles. The van der Waals surface area contributed by atoms with Crippen LogP contribution in [0.4, 0.5) is 5.95 Å². The summed E-state index contributed by atoms with van der Waals surface area (Å²) in [4.78, 5) is 9.17. The highest BCUT2D eigenvalue weighted by Crippen LogP contribution is 2.36. The first-order valence-electron chi connectivity index (χ1n) is 7.88. The zero-order valence-electron chi connectivity index (χ0n) is 12.8. The molecule has 1 aliphatic carbocycles. The Labute approximate surface area is 131 Å². The number of anilines is 1. The Kier molecular flexibility index (Phi) is 4.34. The summed E-state index contributed by atoms with van der Waals surface area (Å²) in [6.45, 7) is 0. The quantitative estimate of drug-likeness (QED) is 0.925. The van der Waals surface area contributed by atoms with Crippen LogP contribution in [0.25, 0.3) is 11.3 Å². The number of aromatic nitrogens is 2. The molecule has 0 radical (unpaired) electrons. The zero-order valence-corrected chi connectivity index (χ0v) is 12.8. The summed E-state index contributed by atoms with van der Waals surface area (Å²) < 4.78 is 0. The van der Waals surface area contributed by atoms with Gasteiger partial charge in [-0.1, -0.05) is 49.6 Å². The van der Waals surface area contributed by atoms with E-state index in [9.17, 15) is 5.26 Å². The van der Waals surface area contributed by atoms with Gasteiger partial charge in [0, 0.05) is 18.5 Å². The Morgan fingerprint density at radius 3 is 2.45 bits per heavy atom. The van der Waals surface area contributed by atoms with Crippen LogP contribution in [-0.4, -0.2) is 17.0 Å². The molecule has 0 bridgehead atoms. The van der Waals surface area contributed by atoms with Gasteiger partial charge in [-0.05, 0) is 12.8 Å². The molecule has 0 atom stereocenters. The summed E-state index contributed by atoms with van der Waals surface area (Å²) in [5, 5.41) is 12.7. The van der Waals surface area contributed by atoms with Crippen LogP contribution < -0.4 is 5.32 Å². The molecule has 1 aromatic heterocycles. The minimum absolute atomic E-state index is 0.376. The number of nitrogens with zero attached hydrogens (tertiary/aromatic N) is 3. The van der Waals surface area contributed by atoms with Crippen molar-refractivity contribution >= 4 is 5.95 Å². The smallest absolute Gasteiger partial charge is 0.223 e. The molecule has 112 valence electrons. The predicted octanol–water partition coefficient (Wildman–Crippen LogP) is 4.10. The first kappa shape index (κ1) is 14.5. The molecular formula is C18H20N4. The summed E-state index contributed by atoms with van der Waals surface area (Å²) >= 11 is 0. The normalized spacial score (nSPS) is 15.3. The van der Waals surface area contributed by atoms with Crippen LogP contribution >= 0.6 is 0 Å². The van der Waals surface area contributed by atoms with Crippen LogP contribution in [0.15, 0.2) is 30.3 Å². The van der Waals surface area contributed by atoms with Crippen LogP contribution in [0.2, 0.25) is 0 Å². The van der Waals surface area contributed by atoms with Crippen molar-refractivity contribution in [1.29, 1.82) is 5.26 Å². The van der Waals surface area contributed by atoms with E-state index < -0.39 is 0 Å². The number of benzene rings is 1. The fraction of sp³-hybridized carbons (Fsp3) is 0.389. The van der Waals surface area contributed by atoms with Crippen LogP contribution in [0, 0.1) is 11.3 Å². The zero-order chi connectivity index (χ0) is 15.4. The lowest BCUT2D eigenvalue weighted by Crippen LogP contribution is -2.12. The van der Waals surface area contributed by atoms with E-state index in [0.29, 0.717) is 17.4 Å². The summed E-state index contributed by atoms with van der Waals surface area (Å²) in [5.41, 5.74) is 3.26. The fourth-order valence-corrected chi connectivity index (χ4v) is 3.18. The summed E-state index contributed by atoms with van der Waals surface area (Å²) in [5.74, 6) is 0.972. The summed E-state index contributed by atoms with van der Waals surface area (Å²) in [6.07, 6.45) is 5.95. The van der Waals surface area contributed by atoms with Crippen LogP contribution in [0.3, 0.4) is 0 Å². The molecule has 1 N–H and O–H groups in total. The molecular weight excluding hydrogens is 272 g/mol. The van der Waals surface area contributed by atoms with Gasteiger partial charge in [0.1, 0.15) is 11.6 Å². The molecule has 0 spiro atoms. The third-order valence-electron chi connectivity index (χ3n) is 4.31. The maximum Gasteiger partial charge on any atom is 0.223 e. The molecule has 0 saturated heterocycles. The SMILES string of the molecule is CNc1nc(-c2ccccc2)c(C#N)c(C2CCCCC2)n1. The van der Waals surface area contributed by atoms with Gasteiger partial charge in [-0.25, -0.2) is 9.97 Å². The molecule has 1 aliphatic rings. The highest BCUT2D eigenvalue weighted by Gasteiger charge is 2.24. The van der Waals surface area contributed by atoms with E-state index in [-0.39, 0.29) is 0 Å². The van der Waals surface area contributed by atoms with E-state index in [1.165, 1.54) is 19.3 Å². The van der Waals surface area contributed by atoms with Gasteiger partial charge in [0.05, 0.1) is 11.4 Å². The largest absolute Gasteiger partial charge is 0.357 e. The highest BCUT2D eigenvalue weighted by atomic mass is 15.1. The number of nitrogens with one attached hydrogen (secondary N) is 1. The molecule has 2 aromatic rings. The molecule has 0 unspecified atom stereocenters. The second-order valence-corrected chi connectivity index (χ2v) is 5.72. The third kappa shape index (κ3) is 2.80. The minimum Gasteiger partial charge on any atom is -0.357 e. The lowest BCUT2D eigenvalue weighted by atomic mass is 9.84. The minimum atomic E-state index is 0.376. The molecule has 1 heterocycles. The topological polar surface area (TPSA) is 61.6 Å². The van der Waals surface area contributed by atoms with E-state index in [2.05, 4.69) is 21.4 Å². The van der Waals surface area contributed by atoms with Crippen molar-refractivity contribution < 1.29 is 0 Å². The Morgan fingerprint density at radius 2 is 1.82 bits per heavy atom. The van der Waals surface area contributed by atoms with E-state index in [4.69, 9.17) is 0 Å². The van der Waals surface area contributed by atoms with Gasteiger partial charge in [0.2, 0.25) is 5.95 Å². The summed E-state index contributed by atoms with van der Waals surface area (Å²) in [6, 6.07) is 12.3. The highest BCUT2D eigenvalue weighted by molar-refractivity contribution is 5.69. The van der Waals surface area contributed by atoms with Gasteiger partial charge in [-0.15, -0.1) is 0 Å². The Hall–Kier alpha value is -2.41. The molecule has 1 fully saturated rings. The van der Waals surface area contributed by atoms with Crippen molar-refractivity contribution in [3.63, 3.8) is 0 Å². The van der Waals surface area contributed by atoms with Gasteiger partial charge in [-0.2, -0.15) is 5.26 Å². The maximum absolute atomic E-state index is 9.70. The molecule has 0 amide bonds. The summed E-state index contributed by atoms with van der Waals surface area (Å²) in [7, 11) is 1.82. The second kappa shape index (κ2) is 6.57. The molecule has 4 nitrogen and oxygen atoms in total. The lowest BCUT2D eigenvalue weighted by Gasteiger charge is -2.23. The van der Waals surface area contributed by atoms with Crippen molar-refractivity contribution in [1.82, 2.24) is 9.97 Å². The lowest BCUT2D eigenvalue weighted by molar-refractivity contribution is 0.436. The third-order valence-corrected chi connectivity index (χ3v) is 4.31. The van der Waals surface area contributed by atoms with Gasteiger partial charge in [-0.3, -0.25) is 0 Å². The van der Waals surface area contributed by atoms with Gasteiger partial charge in [0.15, 0.2) is 0 Å². The van der Waals surface area contributed by atoms with Crippen molar-refractivity contribution in [2.45, 2.75) is 38.0 Å². The molecule has 0 aliphatic heterocycles. The molecule has 4 heteroatoms. The van der Waals surface area contributed by atoms with E-state index in [1.54, 1.807) is 0 Å². The average Bonchev–Trinajstić information content (AvgIpc) is 2.62. The van der Waals surface area contributed by atoms with Crippen molar-refractivity contribution in [3.05, 3.63) is 41.6 Å². The fourth-order valence-electron chi connectivity index (χ4n) is 3.18. The number of hydrogen-bond acceptors (Lipinski definition) is 4. The number of nitriles is 1. The first-order valence-corrected chi connectivity index (χ1v) is 7.88. The first-order chi connectivity index (χ1) is 10.8. The van der Waals surface area contributed by atoms with E-state index in [0.717, 1.165) is 29.8 Å². The van der Waals surface area contributed by atoms with Crippen molar-refractivity contribution in [3.8, 4) is 17.3 Å². The van der Waals surface area contributed by atoms with Crippen LogP contribution in [0.5, 0.6) is 0 Å². The Morgan fingerprint density at radius 1 is 1.09 bits per heavy atom. The molecule has 3 rings (SSSR count). The number of hydrogen-bond donors (Lipinski definition) is 1. The van der Waals surface area contributed by atoms with Gasteiger partial charge >= 0.3 is 0 Å². The van der Waals surface area contributed by atoms with E-state index in [1.807, 2.05) is 37.4 Å². The second-order valence-electron chi connectivity index (χ2n) is 5.72. The standard InChI is InChI=1S/C18H20N4/c1-20-18-21-16(13-8-4-2-5-9-13)15(12-19)17(22-18)14-10-6-3-7-11-14/h2,4-5,8-9,14H,3,6-7,10-11H2,1H3,(H,20,21,22). The predicted molar refractivity (Wildman–Crippen MR) is 87.6 cm³/mol. The van der Waals surface area contributed by atoms with Crippen molar-refractivity contribution in [2.75, 3.05) is 12.4 Å². The van der Waals surface area contributed by atoms with Crippen molar-refractivity contribution in [2.24, 2.45) is 0 Å². The monoisotopic (exact) mass is 292 g/mol. The van der Waals surface area contributed by atoms with Gasteiger partial charge < -0.3 is 5.32 Å². The van der Waals surface area contributed by atoms with Crippen LogP contribution in [0.1, 0.15) is 49.3 Å². The van der Waals surface area contributed by atoms with Crippen LogP contribution in [-0.2, 0) is 0 Å².